The molecule has 0 spiro atoms. The van der Waals surface area contributed by atoms with Crippen molar-refractivity contribution in [3.63, 3.8) is 0 Å². The van der Waals surface area contributed by atoms with Crippen LogP contribution in [-0.4, -0.2) is 37.6 Å². The Kier molecular flexibility index (Phi) is 5.26. The maximum atomic E-state index is 3.42. The fourth-order valence-electron chi connectivity index (χ4n) is 0.812. The van der Waals surface area contributed by atoms with Crippen molar-refractivity contribution in [2.45, 2.75) is 33.2 Å². The standard InChI is InChI=1S/C11H24N2/c1-10(2)7-8-12-9-11(3,4)13(5)6/h7,12H,8-9H2,1-6H3. The van der Waals surface area contributed by atoms with Gasteiger partial charge in [-0.05, 0) is 41.8 Å². The predicted octanol–water partition coefficient (Wildman–Crippen LogP) is 1.88. The number of hydrogen-bond acceptors (Lipinski definition) is 2. The van der Waals surface area contributed by atoms with Crippen LogP contribution in [0.15, 0.2) is 11.6 Å². The second-order valence-corrected chi connectivity index (χ2v) is 4.62. The zero-order chi connectivity index (χ0) is 10.5. The summed E-state index contributed by atoms with van der Waals surface area (Å²) >= 11 is 0. The molecule has 0 amide bonds. The molecule has 0 bridgehead atoms. The molecular weight excluding hydrogens is 160 g/mol. The number of allylic oxidation sites excluding steroid dienone is 1. The summed E-state index contributed by atoms with van der Waals surface area (Å²) in [6, 6.07) is 0. The van der Waals surface area contributed by atoms with Crippen LogP contribution in [0.5, 0.6) is 0 Å². The number of nitrogens with zero attached hydrogens (tertiary/aromatic N) is 1. The van der Waals surface area contributed by atoms with Gasteiger partial charge in [-0.25, -0.2) is 0 Å². The summed E-state index contributed by atoms with van der Waals surface area (Å²) in [5.41, 5.74) is 1.60. The van der Waals surface area contributed by atoms with Crippen molar-refractivity contribution in [1.29, 1.82) is 0 Å². The van der Waals surface area contributed by atoms with Gasteiger partial charge in [-0.2, -0.15) is 0 Å². The zero-order valence-corrected chi connectivity index (χ0v) is 9.94. The van der Waals surface area contributed by atoms with Crippen LogP contribution in [0.2, 0.25) is 0 Å². The lowest BCUT2D eigenvalue weighted by molar-refractivity contribution is 0.192. The first-order valence-electron chi connectivity index (χ1n) is 4.88. The molecule has 0 aromatic heterocycles. The first-order chi connectivity index (χ1) is 5.86. The summed E-state index contributed by atoms with van der Waals surface area (Å²) in [5.74, 6) is 0. The van der Waals surface area contributed by atoms with E-state index < -0.39 is 0 Å². The van der Waals surface area contributed by atoms with Crippen molar-refractivity contribution in [2.75, 3.05) is 27.2 Å². The van der Waals surface area contributed by atoms with E-state index in [1.54, 1.807) is 0 Å². The molecule has 0 aromatic carbocycles. The minimum atomic E-state index is 0.232. The van der Waals surface area contributed by atoms with Gasteiger partial charge in [-0.15, -0.1) is 0 Å². The second-order valence-electron chi connectivity index (χ2n) is 4.62. The molecule has 78 valence electrons. The molecule has 2 heteroatoms. The molecule has 0 fully saturated rings. The molecule has 0 aromatic rings. The largest absolute Gasteiger partial charge is 0.311 e. The van der Waals surface area contributed by atoms with E-state index in [1.807, 2.05) is 0 Å². The second kappa shape index (κ2) is 5.40. The summed E-state index contributed by atoms with van der Waals surface area (Å²) in [7, 11) is 4.23. The Morgan fingerprint density at radius 3 is 2.23 bits per heavy atom. The summed E-state index contributed by atoms with van der Waals surface area (Å²) in [6.45, 7) is 10.7. The van der Waals surface area contributed by atoms with E-state index in [1.165, 1.54) is 5.57 Å². The van der Waals surface area contributed by atoms with E-state index in [0.29, 0.717) is 0 Å². The van der Waals surface area contributed by atoms with Crippen LogP contribution in [0, 0.1) is 0 Å². The van der Waals surface area contributed by atoms with Gasteiger partial charge < -0.3 is 10.2 Å². The van der Waals surface area contributed by atoms with E-state index in [-0.39, 0.29) is 5.54 Å². The summed E-state index contributed by atoms with van der Waals surface area (Å²) in [6.07, 6.45) is 2.21. The normalized spacial score (nSPS) is 11.9. The van der Waals surface area contributed by atoms with Gasteiger partial charge in [0.25, 0.3) is 0 Å². The van der Waals surface area contributed by atoms with Crippen molar-refractivity contribution < 1.29 is 0 Å². The molecule has 0 aliphatic heterocycles. The highest BCUT2D eigenvalue weighted by molar-refractivity contribution is 4.95. The monoisotopic (exact) mass is 184 g/mol. The fraction of sp³-hybridized carbons (Fsp3) is 0.818. The quantitative estimate of drug-likeness (QED) is 0.518. The minimum absolute atomic E-state index is 0.232. The Bertz CT molecular complexity index is 165. The Hall–Kier alpha value is -0.340. The number of hydrogen-bond donors (Lipinski definition) is 1. The molecule has 0 saturated carbocycles. The van der Waals surface area contributed by atoms with Crippen LogP contribution in [0.4, 0.5) is 0 Å². The van der Waals surface area contributed by atoms with E-state index >= 15 is 0 Å². The maximum absolute atomic E-state index is 3.42. The van der Waals surface area contributed by atoms with E-state index in [9.17, 15) is 0 Å². The first kappa shape index (κ1) is 12.7. The molecule has 13 heavy (non-hydrogen) atoms. The maximum Gasteiger partial charge on any atom is 0.0271 e. The van der Waals surface area contributed by atoms with E-state index in [2.05, 4.69) is 58.1 Å². The topological polar surface area (TPSA) is 15.3 Å². The SMILES string of the molecule is CC(C)=CCNCC(C)(C)N(C)C. The van der Waals surface area contributed by atoms with Gasteiger partial charge in [0.05, 0.1) is 0 Å². The lowest BCUT2D eigenvalue weighted by Gasteiger charge is -2.32. The molecule has 0 aliphatic carbocycles. The van der Waals surface area contributed by atoms with Crippen molar-refractivity contribution in [3.05, 3.63) is 11.6 Å². The summed E-state index contributed by atoms with van der Waals surface area (Å²) in [4.78, 5) is 2.24. The van der Waals surface area contributed by atoms with Crippen LogP contribution >= 0.6 is 0 Å². The van der Waals surface area contributed by atoms with Gasteiger partial charge in [0, 0.05) is 18.6 Å². The van der Waals surface area contributed by atoms with Crippen LogP contribution in [0.1, 0.15) is 27.7 Å². The van der Waals surface area contributed by atoms with Crippen LogP contribution in [0.25, 0.3) is 0 Å². The Morgan fingerprint density at radius 1 is 1.31 bits per heavy atom. The summed E-state index contributed by atoms with van der Waals surface area (Å²) < 4.78 is 0. The van der Waals surface area contributed by atoms with Gasteiger partial charge in [0.15, 0.2) is 0 Å². The van der Waals surface area contributed by atoms with Gasteiger partial charge in [0.1, 0.15) is 0 Å². The molecule has 1 N–H and O–H groups in total. The number of likely N-dealkylation sites (N-methyl/N-ethyl adjacent to an activating group) is 1. The minimum Gasteiger partial charge on any atom is -0.311 e. The average Bonchev–Trinajstić information content (AvgIpc) is 1.97. The van der Waals surface area contributed by atoms with Gasteiger partial charge >= 0.3 is 0 Å². The molecule has 0 atom stereocenters. The third kappa shape index (κ3) is 5.83. The molecule has 2 nitrogen and oxygen atoms in total. The smallest absolute Gasteiger partial charge is 0.0271 e. The Labute approximate surface area is 83.0 Å². The zero-order valence-electron chi connectivity index (χ0n) is 9.94. The van der Waals surface area contributed by atoms with Gasteiger partial charge in [-0.3, -0.25) is 0 Å². The van der Waals surface area contributed by atoms with E-state index in [0.717, 1.165) is 13.1 Å². The van der Waals surface area contributed by atoms with Crippen molar-refractivity contribution in [3.8, 4) is 0 Å². The van der Waals surface area contributed by atoms with Gasteiger partial charge in [0.2, 0.25) is 0 Å². The predicted molar refractivity (Wildman–Crippen MR) is 60.1 cm³/mol. The van der Waals surface area contributed by atoms with Gasteiger partial charge in [-0.1, -0.05) is 11.6 Å². The van der Waals surface area contributed by atoms with Crippen molar-refractivity contribution >= 4 is 0 Å². The molecule has 0 saturated heterocycles. The van der Waals surface area contributed by atoms with Crippen LogP contribution in [-0.2, 0) is 0 Å². The number of nitrogens with one attached hydrogen (secondary N) is 1. The highest BCUT2D eigenvalue weighted by Gasteiger charge is 2.18. The van der Waals surface area contributed by atoms with Crippen LogP contribution < -0.4 is 5.32 Å². The molecule has 0 aliphatic rings. The van der Waals surface area contributed by atoms with E-state index in [4.69, 9.17) is 0 Å². The molecular formula is C11H24N2. The lowest BCUT2D eigenvalue weighted by Crippen LogP contribution is -2.46. The first-order valence-corrected chi connectivity index (χ1v) is 4.88. The Morgan fingerprint density at radius 2 is 1.85 bits per heavy atom. The highest BCUT2D eigenvalue weighted by atomic mass is 15.2. The third-order valence-corrected chi connectivity index (χ3v) is 2.42. The average molecular weight is 184 g/mol. The number of rotatable bonds is 5. The summed E-state index contributed by atoms with van der Waals surface area (Å²) in [5, 5.41) is 3.42. The highest BCUT2D eigenvalue weighted by Crippen LogP contribution is 2.07. The fourth-order valence-corrected chi connectivity index (χ4v) is 0.812. The lowest BCUT2D eigenvalue weighted by atomic mass is 10.0. The molecule has 0 rings (SSSR count). The van der Waals surface area contributed by atoms with Crippen molar-refractivity contribution in [2.24, 2.45) is 0 Å². The molecule has 0 radical (unpaired) electrons. The van der Waals surface area contributed by atoms with Crippen LogP contribution in [0.3, 0.4) is 0 Å². The molecule has 0 heterocycles. The van der Waals surface area contributed by atoms with Crippen molar-refractivity contribution in [1.82, 2.24) is 10.2 Å². The Balaban J connectivity index is 3.70. The molecule has 0 unspecified atom stereocenters. The third-order valence-electron chi connectivity index (χ3n) is 2.42.